The van der Waals surface area contributed by atoms with Gasteiger partial charge in [-0.25, -0.2) is 18.2 Å². The molecule has 0 radical (unpaired) electrons. The molecule has 0 spiro atoms. The van der Waals surface area contributed by atoms with Gasteiger partial charge in [0, 0.05) is 11.8 Å². The summed E-state index contributed by atoms with van der Waals surface area (Å²) in [6.07, 6.45) is 1.40. The molecule has 2 aromatic rings. The predicted molar refractivity (Wildman–Crippen MR) is 70.7 cm³/mol. The second kappa shape index (κ2) is 5.51. The molecule has 19 heavy (non-hydrogen) atoms. The standard InChI is InChI=1S/C13H8BrClF3N/c1-6-4-10(14)19-5-7(6)12(15)11-8(16)2-3-9(17)13(11)18/h2-5,12H,1H3. The van der Waals surface area contributed by atoms with Crippen molar-refractivity contribution in [1.82, 2.24) is 4.98 Å². The Balaban J connectivity index is 2.56. The molecule has 0 aliphatic rings. The van der Waals surface area contributed by atoms with E-state index in [9.17, 15) is 13.2 Å². The molecule has 6 heteroatoms. The van der Waals surface area contributed by atoms with Gasteiger partial charge in [0.1, 0.15) is 10.4 Å². The van der Waals surface area contributed by atoms with Crippen LogP contribution < -0.4 is 0 Å². The van der Waals surface area contributed by atoms with Crippen LogP contribution in [-0.4, -0.2) is 4.98 Å². The lowest BCUT2D eigenvalue weighted by Crippen LogP contribution is -2.05. The van der Waals surface area contributed by atoms with Crippen molar-refractivity contribution < 1.29 is 13.2 Å². The number of hydrogen-bond acceptors (Lipinski definition) is 1. The first-order chi connectivity index (χ1) is 8.91. The van der Waals surface area contributed by atoms with Crippen molar-refractivity contribution >= 4 is 27.5 Å². The number of hydrogen-bond donors (Lipinski definition) is 0. The molecule has 0 N–H and O–H groups in total. The molecule has 0 aliphatic heterocycles. The molecule has 0 saturated carbocycles. The highest BCUT2D eigenvalue weighted by atomic mass is 79.9. The van der Waals surface area contributed by atoms with Gasteiger partial charge in [-0.2, -0.15) is 0 Å². The molecule has 0 fully saturated rings. The molecule has 0 bridgehead atoms. The van der Waals surface area contributed by atoms with Gasteiger partial charge in [-0.1, -0.05) is 0 Å². The van der Waals surface area contributed by atoms with Gasteiger partial charge in [-0.05, 0) is 52.2 Å². The van der Waals surface area contributed by atoms with Crippen LogP contribution >= 0.6 is 27.5 Å². The highest BCUT2D eigenvalue weighted by Crippen LogP contribution is 2.35. The normalized spacial score (nSPS) is 12.5. The van der Waals surface area contributed by atoms with Crippen molar-refractivity contribution in [1.29, 1.82) is 0 Å². The number of nitrogens with zero attached hydrogens (tertiary/aromatic N) is 1. The monoisotopic (exact) mass is 349 g/mol. The maximum atomic E-state index is 13.7. The molecule has 1 aromatic carbocycles. The van der Waals surface area contributed by atoms with Crippen LogP contribution in [0, 0.1) is 24.4 Å². The van der Waals surface area contributed by atoms with Crippen LogP contribution in [0.4, 0.5) is 13.2 Å². The lowest BCUT2D eigenvalue weighted by molar-refractivity contribution is 0.481. The molecule has 1 heterocycles. The van der Waals surface area contributed by atoms with E-state index in [2.05, 4.69) is 20.9 Å². The Morgan fingerprint density at radius 3 is 2.47 bits per heavy atom. The minimum Gasteiger partial charge on any atom is -0.249 e. The molecule has 1 atom stereocenters. The van der Waals surface area contributed by atoms with Gasteiger partial charge in [0.05, 0.1) is 5.38 Å². The van der Waals surface area contributed by atoms with Crippen LogP contribution in [0.1, 0.15) is 22.1 Å². The molecule has 1 unspecified atom stereocenters. The van der Waals surface area contributed by atoms with Crippen molar-refractivity contribution in [3.63, 3.8) is 0 Å². The first-order valence-corrected chi connectivity index (χ1v) is 6.54. The molecular formula is C13H8BrClF3N. The van der Waals surface area contributed by atoms with Gasteiger partial charge >= 0.3 is 0 Å². The van der Waals surface area contributed by atoms with Gasteiger partial charge in [0.15, 0.2) is 11.6 Å². The Morgan fingerprint density at radius 2 is 1.84 bits per heavy atom. The minimum atomic E-state index is -1.28. The molecule has 1 aromatic heterocycles. The zero-order valence-corrected chi connectivity index (χ0v) is 12.1. The Morgan fingerprint density at radius 1 is 1.21 bits per heavy atom. The third kappa shape index (κ3) is 2.77. The number of aryl methyl sites for hydroxylation is 1. The fourth-order valence-electron chi connectivity index (χ4n) is 1.73. The van der Waals surface area contributed by atoms with E-state index < -0.39 is 28.4 Å². The average Bonchev–Trinajstić information content (AvgIpc) is 2.34. The second-order valence-electron chi connectivity index (χ2n) is 3.98. The van der Waals surface area contributed by atoms with Gasteiger partial charge in [0.25, 0.3) is 0 Å². The molecule has 0 amide bonds. The number of rotatable bonds is 2. The van der Waals surface area contributed by atoms with E-state index in [0.717, 1.165) is 12.1 Å². The van der Waals surface area contributed by atoms with E-state index in [1.807, 2.05) is 0 Å². The lowest BCUT2D eigenvalue weighted by atomic mass is 10.0. The van der Waals surface area contributed by atoms with Gasteiger partial charge < -0.3 is 0 Å². The number of aromatic nitrogens is 1. The summed E-state index contributed by atoms with van der Waals surface area (Å²) in [7, 11) is 0. The maximum Gasteiger partial charge on any atom is 0.166 e. The van der Waals surface area contributed by atoms with Gasteiger partial charge in [-0.3, -0.25) is 0 Å². The highest BCUT2D eigenvalue weighted by Gasteiger charge is 2.24. The largest absolute Gasteiger partial charge is 0.249 e. The number of pyridine rings is 1. The summed E-state index contributed by atoms with van der Waals surface area (Å²) in [5, 5.41) is -1.14. The van der Waals surface area contributed by atoms with Crippen molar-refractivity contribution in [2.75, 3.05) is 0 Å². The molecule has 0 saturated heterocycles. The van der Waals surface area contributed by atoms with E-state index in [0.29, 0.717) is 15.7 Å². The summed E-state index contributed by atoms with van der Waals surface area (Å²) in [4.78, 5) is 3.96. The number of benzene rings is 1. The first-order valence-electron chi connectivity index (χ1n) is 5.31. The summed E-state index contributed by atoms with van der Waals surface area (Å²) in [6, 6.07) is 3.25. The maximum absolute atomic E-state index is 13.7. The summed E-state index contributed by atoms with van der Waals surface area (Å²) >= 11 is 9.25. The summed E-state index contributed by atoms with van der Waals surface area (Å²) in [5.41, 5.74) is 0.618. The van der Waals surface area contributed by atoms with E-state index >= 15 is 0 Å². The second-order valence-corrected chi connectivity index (χ2v) is 5.23. The summed E-state index contributed by atoms with van der Waals surface area (Å²) in [6.45, 7) is 1.73. The third-order valence-corrected chi connectivity index (χ3v) is 3.61. The summed E-state index contributed by atoms with van der Waals surface area (Å²) < 4.78 is 41.1. The Labute approximate surface area is 121 Å². The van der Waals surface area contributed by atoms with Crippen molar-refractivity contribution in [3.05, 3.63) is 63.1 Å². The molecule has 2 rings (SSSR count). The van der Waals surface area contributed by atoms with Crippen LogP contribution in [0.3, 0.4) is 0 Å². The zero-order chi connectivity index (χ0) is 14.2. The van der Waals surface area contributed by atoms with E-state index in [4.69, 9.17) is 11.6 Å². The summed E-state index contributed by atoms with van der Waals surface area (Å²) in [5.74, 6) is -3.30. The van der Waals surface area contributed by atoms with Crippen molar-refractivity contribution in [3.8, 4) is 0 Å². The van der Waals surface area contributed by atoms with Crippen LogP contribution in [0.5, 0.6) is 0 Å². The lowest BCUT2D eigenvalue weighted by Gasteiger charge is -2.14. The van der Waals surface area contributed by atoms with Crippen LogP contribution in [0.25, 0.3) is 0 Å². The van der Waals surface area contributed by atoms with Crippen LogP contribution in [0.2, 0.25) is 0 Å². The van der Waals surface area contributed by atoms with Gasteiger partial charge in [0.2, 0.25) is 0 Å². The smallest absolute Gasteiger partial charge is 0.166 e. The van der Waals surface area contributed by atoms with E-state index in [1.165, 1.54) is 6.20 Å². The average molecular weight is 351 g/mol. The van der Waals surface area contributed by atoms with Crippen LogP contribution in [0.15, 0.2) is 29.0 Å². The predicted octanol–water partition coefficient (Wildman–Crippen LogP) is 4.90. The molecular weight excluding hydrogens is 343 g/mol. The quantitative estimate of drug-likeness (QED) is 0.426. The molecule has 100 valence electrons. The fourth-order valence-corrected chi connectivity index (χ4v) is 2.60. The SMILES string of the molecule is Cc1cc(Br)ncc1C(Cl)c1c(F)ccc(F)c1F. The Hall–Kier alpha value is -1.07. The Bertz CT molecular complexity index is 634. The minimum absolute atomic E-state index is 0.424. The number of halogens is 5. The molecule has 0 aliphatic carbocycles. The van der Waals surface area contributed by atoms with Gasteiger partial charge in [-0.15, -0.1) is 11.6 Å². The first kappa shape index (κ1) is 14.3. The Kier molecular flexibility index (Phi) is 4.16. The van der Waals surface area contributed by atoms with E-state index in [-0.39, 0.29) is 0 Å². The molecule has 1 nitrogen and oxygen atoms in total. The zero-order valence-electron chi connectivity index (χ0n) is 9.72. The fraction of sp³-hybridized carbons (Fsp3) is 0.154. The third-order valence-electron chi connectivity index (χ3n) is 2.72. The highest BCUT2D eigenvalue weighted by molar-refractivity contribution is 9.10. The number of alkyl halides is 1. The van der Waals surface area contributed by atoms with E-state index in [1.54, 1.807) is 13.0 Å². The van der Waals surface area contributed by atoms with Crippen molar-refractivity contribution in [2.45, 2.75) is 12.3 Å². The van der Waals surface area contributed by atoms with Crippen molar-refractivity contribution in [2.24, 2.45) is 0 Å². The van der Waals surface area contributed by atoms with Crippen LogP contribution in [-0.2, 0) is 0 Å². The topological polar surface area (TPSA) is 12.9 Å².